The third-order valence-electron chi connectivity index (χ3n) is 7.35. The number of benzene rings is 4. The zero-order chi connectivity index (χ0) is 31.7. The molecule has 3 N–H and O–H groups in total. The maximum Gasteiger partial charge on any atom is 0.323 e. The Morgan fingerprint density at radius 2 is 1.43 bits per heavy atom. The fraction of sp³-hybridized carbons (Fsp3) is 0.167. The highest BCUT2D eigenvalue weighted by molar-refractivity contribution is 7.99. The van der Waals surface area contributed by atoms with Gasteiger partial charge in [-0.05, 0) is 65.7 Å². The fourth-order valence-electron chi connectivity index (χ4n) is 4.97. The molecule has 234 valence electrons. The minimum atomic E-state index is -0.656. The molecular weight excluding hydrogens is 602 g/mol. The minimum Gasteiger partial charge on any atom is -0.618 e. The van der Waals surface area contributed by atoms with Gasteiger partial charge in [-0.2, -0.15) is 4.73 Å². The summed E-state index contributed by atoms with van der Waals surface area (Å²) in [5.74, 6) is 1.97. The van der Waals surface area contributed by atoms with E-state index in [9.17, 15) is 15.1 Å². The molecule has 2 amide bonds. The fourth-order valence-corrected chi connectivity index (χ4v) is 5.91. The summed E-state index contributed by atoms with van der Waals surface area (Å²) in [7, 11) is 0. The minimum absolute atomic E-state index is 0.0303. The van der Waals surface area contributed by atoms with Gasteiger partial charge in [0.15, 0.2) is 12.5 Å². The van der Waals surface area contributed by atoms with Gasteiger partial charge in [-0.1, -0.05) is 66.4 Å². The summed E-state index contributed by atoms with van der Waals surface area (Å²) >= 11 is 1.44. The van der Waals surface area contributed by atoms with E-state index < -0.39 is 6.29 Å². The summed E-state index contributed by atoms with van der Waals surface area (Å²) in [5, 5.41) is 27.9. The second-order valence-corrected chi connectivity index (χ2v) is 11.7. The molecule has 1 saturated heterocycles. The number of pyridine rings is 1. The molecule has 0 radical (unpaired) electrons. The van der Waals surface area contributed by atoms with Gasteiger partial charge in [0, 0.05) is 41.2 Å². The summed E-state index contributed by atoms with van der Waals surface area (Å²) in [6, 6.07) is 36.6. The molecule has 9 nitrogen and oxygen atoms in total. The number of urea groups is 1. The summed E-state index contributed by atoms with van der Waals surface area (Å²) < 4.78 is 19.4. The number of para-hydroxylation sites is 1. The predicted molar refractivity (Wildman–Crippen MR) is 177 cm³/mol. The second kappa shape index (κ2) is 14.9. The number of carbonyl (C=O) groups excluding carboxylic acids is 1. The molecule has 2 heterocycles. The van der Waals surface area contributed by atoms with Crippen LogP contribution in [0.1, 0.15) is 35.5 Å². The van der Waals surface area contributed by atoms with Crippen LogP contribution >= 0.6 is 11.8 Å². The predicted octanol–water partition coefficient (Wildman–Crippen LogP) is 7.59. The largest absolute Gasteiger partial charge is 0.618 e. The number of anilines is 2. The van der Waals surface area contributed by atoms with Crippen LogP contribution in [0, 0.1) is 5.21 Å². The standard InChI is InChI=1S/C36H33N3O6S/c40-23-25-9-11-26(12-10-25)33-22-32(24-46-34-8-4-5-21-39(34)42)44-35(45-33)27-13-15-28(16-14-27)37-36(41)38-29-17-19-31(20-18-29)43-30-6-2-1-3-7-30/h1-21,32-33,35,40H,22-24H2,(H2,37,38,41)/t32-,33+,35+/m0/s1. The van der Waals surface area contributed by atoms with Crippen LogP contribution in [0.25, 0.3) is 0 Å². The molecule has 0 bridgehead atoms. The molecule has 1 fully saturated rings. The monoisotopic (exact) mass is 635 g/mol. The lowest BCUT2D eigenvalue weighted by molar-refractivity contribution is -0.645. The topological polar surface area (TPSA) is 116 Å². The van der Waals surface area contributed by atoms with Crippen LogP contribution in [0.2, 0.25) is 0 Å². The average molecular weight is 636 g/mol. The van der Waals surface area contributed by atoms with Gasteiger partial charge in [-0.3, -0.25) is 0 Å². The Labute approximate surface area is 271 Å². The van der Waals surface area contributed by atoms with E-state index in [0.717, 1.165) is 27.2 Å². The number of nitrogens with one attached hydrogen (secondary N) is 2. The number of aromatic nitrogens is 1. The Kier molecular flexibility index (Phi) is 10.1. The number of nitrogens with zero attached hydrogens (tertiary/aromatic N) is 1. The maximum absolute atomic E-state index is 12.7. The molecule has 0 unspecified atom stereocenters. The van der Waals surface area contributed by atoms with Crippen molar-refractivity contribution in [2.45, 2.75) is 36.6 Å². The molecule has 0 spiro atoms. The van der Waals surface area contributed by atoms with Gasteiger partial charge < -0.3 is 35.2 Å². The van der Waals surface area contributed by atoms with E-state index in [1.54, 1.807) is 48.5 Å². The lowest BCUT2D eigenvalue weighted by Crippen LogP contribution is -2.32. The van der Waals surface area contributed by atoms with Crippen LogP contribution in [-0.4, -0.2) is 23.0 Å². The number of aliphatic hydroxyl groups is 1. The van der Waals surface area contributed by atoms with Gasteiger partial charge >= 0.3 is 6.03 Å². The van der Waals surface area contributed by atoms with Crippen LogP contribution < -0.4 is 20.1 Å². The van der Waals surface area contributed by atoms with Crippen molar-refractivity contribution < 1.29 is 28.8 Å². The zero-order valence-corrected chi connectivity index (χ0v) is 25.6. The van der Waals surface area contributed by atoms with Gasteiger partial charge in [0.1, 0.15) is 11.5 Å². The van der Waals surface area contributed by atoms with Crippen molar-refractivity contribution in [3.05, 3.63) is 149 Å². The second-order valence-electron chi connectivity index (χ2n) is 10.7. The number of hydrogen-bond donors (Lipinski definition) is 3. The zero-order valence-electron chi connectivity index (χ0n) is 24.8. The van der Waals surface area contributed by atoms with Crippen LogP contribution in [0.15, 0.2) is 133 Å². The molecule has 5 aromatic rings. The number of thioether (sulfide) groups is 1. The van der Waals surface area contributed by atoms with Gasteiger partial charge in [0.05, 0.1) is 18.8 Å². The first-order chi connectivity index (χ1) is 22.5. The molecule has 1 aliphatic rings. The summed E-state index contributed by atoms with van der Waals surface area (Å²) in [4.78, 5) is 12.7. The molecule has 3 atom stereocenters. The van der Waals surface area contributed by atoms with Crippen molar-refractivity contribution in [2.24, 2.45) is 0 Å². The van der Waals surface area contributed by atoms with E-state index in [2.05, 4.69) is 10.6 Å². The number of amides is 2. The summed E-state index contributed by atoms with van der Waals surface area (Å²) in [5.41, 5.74) is 3.83. The number of rotatable bonds is 10. The van der Waals surface area contributed by atoms with Crippen LogP contribution in [0.3, 0.4) is 0 Å². The highest BCUT2D eigenvalue weighted by atomic mass is 32.2. The third kappa shape index (κ3) is 8.23. The number of aliphatic hydroxyl groups excluding tert-OH is 1. The van der Waals surface area contributed by atoms with E-state index in [1.807, 2.05) is 72.8 Å². The first kappa shape index (κ1) is 31.1. The van der Waals surface area contributed by atoms with Crippen LogP contribution in [0.5, 0.6) is 11.5 Å². The van der Waals surface area contributed by atoms with Crippen LogP contribution in [-0.2, 0) is 16.1 Å². The first-order valence-electron chi connectivity index (χ1n) is 14.8. The lowest BCUT2D eigenvalue weighted by atomic mass is 10.0. The van der Waals surface area contributed by atoms with Gasteiger partial charge in [0.25, 0.3) is 5.03 Å². The third-order valence-corrected chi connectivity index (χ3v) is 8.50. The van der Waals surface area contributed by atoms with Crippen molar-refractivity contribution in [3.8, 4) is 11.5 Å². The molecule has 46 heavy (non-hydrogen) atoms. The molecular formula is C36H33N3O6S. The molecule has 6 rings (SSSR count). The van der Waals surface area contributed by atoms with Gasteiger partial charge in [-0.15, -0.1) is 0 Å². The number of ether oxygens (including phenoxy) is 3. The lowest BCUT2D eigenvalue weighted by Gasteiger charge is -2.36. The maximum atomic E-state index is 12.7. The Hall–Kier alpha value is -4.87. The molecule has 1 aliphatic heterocycles. The van der Waals surface area contributed by atoms with Crippen molar-refractivity contribution in [1.82, 2.24) is 0 Å². The van der Waals surface area contributed by atoms with Gasteiger partial charge in [0.2, 0.25) is 0 Å². The Morgan fingerprint density at radius 1 is 0.804 bits per heavy atom. The van der Waals surface area contributed by atoms with Crippen LogP contribution in [0.4, 0.5) is 16.2 Å². The quantitative estimate of drug-likeness (QED) is 0.0823. The van der Waals surface area contributed by atoms with E-state index in [1.165, 1.54) is 18.0 Å². The van der Waals surface area contributed by atoms with E-state index in [-0.39, 0.29) is 24.8 Å². The normalized spacial score (nSPS) is 17.6. The van der Waals surface area contributed by atoms with Crippen molar-refractivity contribution in [3.63, 3.8) is 0 Å². The summed E-state index contributed by atoms with van der Waals surface area (Å²) in [6.45, 7) is -0.0303. The SMILES string of the molecule is O=C(Nc1ccc(Oc2ccccc2)cc1)Nc1ccc([C@@H]2O[C@H](CSc3cccc[n+]3[O-])C[C@H](c3ccc(CO)cc3)O2)cc1. The Morgan fingerprint density at radius 3 is 2.11 bits per heavy atom. The van der Waals surface area contributed by atoms with Crippen molar-refractivity contribution in [1.29, 1.82) is 0 Å². The van der Waals surface area contributed by atoms with E-state index in [0.29, 0.717) is 34.3 Å². The summed E-state index contributed by atoms with van der Waals surface area (Å²) in [6.07, 6.45) is 0.985. The first-order valence-corrected chi connectivity index (χ1v) is 15.8. The number of carbonyl (C=O) groups is 1. The molecule has 10 heteroatoms. The highest BCUT2D eigenvalue weighted by Gasteiger charge is 2.32. The smallest absolute Gasteiger partial charge is 0.323 e. The van der Waals surface area contributed by atoms with E-state index in [4.69, 9.17) is 14.2 Å². The molecule has 0 aliphatic carbocycles. The average Bonchev–Trinajstić information content (AvgIpc) is 3.09. The Bertz CT molecular complexity index is 1720. The highest BCUT2D eigenvalue weighted by Crippen LogP contribution is 2.39. The van der Waals surface area contributed by atoms with Crippen molar-refractivity contribution in [2.75, 3.05) is 16.4 Å². The molecule has 0 saturated carbocycles. The van der Waals surface area contributed by atoms with Crippen molar-refractivity contribution >= 4 is 29.2 Å². The molecule has 4 aromatic carbocycles. The Balaban J connectivity index is 1.09. The van der Waals surface area contributed by atoms with E-state index >= 15 is 0 Å². The number of hydrogen-bond acceptors (Lipinski definition) is 7. The molecule has 1 aromatic heterocycles. The van der Waals surface area contributed by atoms with Gasteiger partial charge in [-0.25, -0.2) is 4.79 Å².